The van der Waals surface area contributed by atoms with Gasteiger partial charge in [-0.2, -0.15) is 0 Å². The van der Waals surface area contributed by atoms with Gasteiger partial charge in [0.2, 0.25) is 0 Å². The number of benzene rings is 2. The van der Waals surface area contributed by atoms with Crippen LogP contribution in [0.2, 0.25) is 0 Å². The largest absolute Gasteiger partial charge is 0.508 e. The van der Waals surface area contributed by atoms with Gasteiger partial charge in [-0.25, -0.2) is 4.79 Å². The third-order valence-corrected chi connectivity index (χ3v) is 3.20. The third-order valence-electron chi connectivity index (χ3n) is 2.51. The highest BCUT2D eigenvalue weighted by Crippen LogP contribution is 2.23. The molecule has 0 heterocycles. The Balaban J connectivity index is 2.09. The maximum Gasteiger partial charge on any atom is 0.336 e. The zero-order chi connectivity index (χ0) is 13.8. The van der Waals surface area contributed by atoms with Gasteiger partial charge >= 0.3 is 5.97 Å². The molecule has 0 spiro atoms. The summed E-state index contributed by atoms with van der Waals surface area (Å²) < 4.78 is 6.02. The Morgan fingerprint density at radius 2 is 1.84 bits per heavy atom. The third kappa shape index (κ3) is 3.48. The molecule has 5 heteroatoms. The number of rotatable bonds is 4. The second kappa shape index (κ2) is 5.75. The molecule has 0 bridgehead atoms. The summed E-state index contributed by atoms with van der Waals surface area (Å²) in [4.78, 5) is 11.0. The molecule has 0 aromatic heterocycles. The first-order chi connectivity index (χ1) is 9.06. The van der Waals surface area contributed by atoms with E-state index >= 15 is 0 Å². The number of aromatic hydroxyl groups is 1. The number of carboxylic acid groups (broad SMARTS) is 1. The van der Waals surface area contributed by atoms with E-state index in [1.54, 1.807) is 36.4 Å². The molecular formula is C14H11BrO4. The SMILES string of the molecule is O=C(O)c1cc(OCc2ccc(O)cc2)ccc1Br. The Morgan fingerprint density at radius 3 is 2.47 bits per heavy atom. The fourth-order valence-electron chi connectivity index (χ4n) is 1.52. The molecule has 0 aliphatic carbocycles. The smallest absolute Gasteiger partial charge is 0.336 e. The van der Waals surface area contributed by atoms with Crippen LogP contribution in [0.1, 0.15) is 15.9 Å². The van der Waals surface area contributed by atoms with Crippen LogP contribution in [0.3, 0.4) is 0 Å². The van der Waals surface area contributed by atoms with Crippen molar-refractivity contribution in [2.75, 3.05) is 0 Å². The second-order valence-electron chi connectivity index (χ2n) is 3.90. The van der Waals surface area contributed by atoms with Gasteiger partial charge in [-0.1, -0.05) is 12.1 Å². The minimum atomic E-state index is -1.01. The average molecular weight is 323 g/mol. The molecule has 2 aromatic rings. The molecule has 0 aliphatic rings. The molecule has 0 fully saturated rings. The number of carboxylic acids is 1. The van der Waals surface area contributed by atoms with Crippen molar-refractivity contribution in [1.29, 1.82) is 0 Å². The van der Waals surface area contributed by atoms with Crippen molar-refractivity contribution in [2.45, 2.75) is 6.61 Å². The van der Waals surface area contributed by atoms with Crippen molar-refractivity contribution >= 4 is 21.9 Å². The summed E-state index contributed by atoms with van der Waals surface area (Å²) in [6, 6.07) is 11.4. The molecule has 0 unspecified atom stereocenters. The molecular weight excluding hydrogens is 312 g/mol. The molecule has 2 aromatic carbocycles. The Morgan fingerprint density at radius 1 is 1.16 bits per heavy atom. The van der Waals surface area contributed by atoms with Gasteiger partial charge in [-0.05, 0) is 51.8 Å². The van der Waals surface area contributed by atoms with Gasteiger partial charge in [-0.3, -0.25) is 0 Å². The lowest BCUT2D eigenvalue weighted by atomic mass is 10.2. The Bertz CT molecular complexity index is 593. The van der Waals surface area contributed by atoms with Gasteiger partial charge in [0.1, 0.15) is 18.1 Å². The highest BCUT2D eigenvalue weighted by atomic mass is 79.9. The van der Waals surface area contributed by atoms with Gasteiger partial charge < -0.3 is 14.9 Å². The molecule has 19 heavy (non-hydrogen) atoms. The summed E-state index contributed by atoms with van der Waals surface area (Å²) in [6.07, 6.45) is 0. The zero-order valence-corrected chi connectivity index (χ0v) is 11.4. The molecule has 0 radical (unpaired) electrons. The standard InChI is InChI=1S/C14H11BrO4/c15-13-6-5-11(7-12(13)14(17)18)19-8-9-1-3-10(16)4-2-9/h1-7,16H,8H2,(H,17,18). The van der Waals surface area contributed by atoms with Crippen LogP contribution in [-0.2, 0) is 6.61 Å². The number of aromatic carboxylic acids is 1. The van der Waals surface area contributed by atoms with Crippen LogP contribution in [0.25, 0.3) is 0 Å². The van der Waals surface area contributed by atoms with E-state index in [0.717, 1.165) is 5.56 Å². The molecule has 0 atom stereocenters. The highest BCUT2D eigenvalue weighted by Gasteiger charge is 2.09. The van der Waals surface area contributed by atoms with E-state index in [4.69, 9.17) is 14.9 Å². The molecule has 0 amide bonds. The lowest BCUT2D eigenvalue weighted by Gasteiger charge is -2.08. The van der Waals surface area contributed by atoms with E-state index in [1.807, 2.05) is 0 Å². The first-order valence-electron chi connectivity index (χ1n) is 5.50. The fraction of sp³-hybridized carbons (Fsp3) is 0.0714. The molecule has 0 saturated carbocycles. The van der Waals surface area contributed by atoms with Crippen LogP contribution >= 0.6 is 15.9 Å². The number of phenols is 1. The van der Waals surface area contributed by atoms with Gasteiger partial charge in [0.05, 0.1) is 5.56 Å². The molecule has 2 N–H and O–H groups in total. The number of ether oxygens (including phenoxy) is 1. The number of hydrogen-bond acceptors (Lipinski definition) is 3. The zero-order valence-electron chi connectivity index (χ0n) is 9.84. The van der Waals surface area contributed by atoms with Crippen molar-refractivity contribution in [3.63, 3.8) is 0 Å². The summed E-state index contributed by atoms with van der Waals surface area (Å²) in [6.45, 7) is 0.307. The van der Waals surface area contributed by atoms with Crippen LogP contribution < -0.4 is 4.74 Å². The van der Waals surface area contributed by atoms with E-state index < -0.39 is 5.97 Å². The Labute approximate surface area is 118 Å². The minimum Gasteiger partial charge on any atom is -0.508 e. The predicted molar refractivity (Wildman–Crippen MR) is 73.5 cm³/mol. The first kappa shape index (κ1) is 13.4. The van der Waals surface area contributed by atoms with Gasteiger partial charge in [0.25, 0.3) is 0 Å². The van der Waals surface area contributed by atoms with Crippen molar-refractivity contribution in [2.24, 2.45) is 0 Å². The normalized spacial score (nSPS) is 10.2. The van der Waals surface area contributed by atoms with Gasteiger partial charge in [0.15, 0.2) is 0 Å². The topological polar surface area (TPSA) is 66.8 Å². The quantitative estimate of drug-likeness (QED) is 0.905. The van der Waals surface area contributed by atoms with E-state index in [9.17, 15) is 4.79 Å². The van der Waals surface area contributed by atoms with Crippen molar-refractivity contribution in [3.8, 4) is 11.5 Å². The Kier molecular flexibility index (Phi) is 4.06. The monoisotopic (exact) mass is 322 g/mol. The van der Waals surface area contributed by atoms with Crippen molar-refractivity contribution < 1.29 is 19.7 Å². The Hall–Kier alpha value is -2.01. The molecule has 0 saturated heterocycles. The van der Waals surface area contributed by atoms with Gasteiger partial charge in [-0.15, -0.1) is 0 Å². The number of phenolic OH excluding ortho intramolecular Hbond substituents is 1. The van der Waals surface area contributed by atoms with Crippen LogP contribution in [-0.4, -0.2) is 16.2 Å². The van der Waals surface area contributed by atoms with E-state index in [0.29, 0.717) is 16.8 Å². The summed E-state index contributed by atoms with van der Waals surface area (Å²) in [5.41, 5.74) is 1.04. The molecule has 4 nitrogen and oxygen atoms in total. The number of halogens is 1. The molecule has 98 valence electrons. The lowest BCUT2D eigenvalue weighted by molar-refractivity contribution is 0.0695. The lowest BCUT2D eigenvalue weighted by Crippen LogP contribution is -2.00. The maximum atomic E-state index is 11.0. The maximum absolute atomic E-state index is 11.0. The summed E-state index contributed by atoms with van der Waals surface area (Å²) in [5, 5.41) is 18.2. The van der Waals surface area contributed by atoms with Crippen LogP contribution in [0.5, 0.6) is 11.5 Å². The van der Waals surface area contributed by atoms with E-state index in [1.165, 1.54) is 6.07 Å². The van der Waals surface area contributed by atoms with E-state index in [2.05, 4.69) is 15.9 Å². The first-order valence-corrected chi connectivity index (χ1v) is 6.29. The summed E-state index contributed by atoms with van der Waals surface area (Å²) in [7, 11) is 0. The second-order valence-corrected chi connectivity index (χ2v) is 4.76. The summed E-state index contributed by atoms with van der Waals surface area (Å²) >= 11 is 3.17. The van der Waals surface area contributed by atoms with Crippen LogP contribution in [0.15, 0.2) is 46.9 Å². The van der Waals surface area contributed by atoms with Gasteiger partial charge in [0, 0.05) is 4.47 Å². The van der Waals surface area contributed by atoms with Crippen LogP contribution in [0.4, 0.5) is 0 Å². The number of carbonyl (C=O) groups is 1. The van der Waals surface area contributed by atoms with Crippen LogP contribution in [0, 0.1) is 0 Å². The minimum absolute atomic E-state index is 0.156. The molecule has 2 rings (SSSR count). The predicted octanol–water partition coefficient (Wildman–Crippen LogP) is 3.43. The molecule has 0 aliphatic heterocycles. The fourth-order valence-corrected chi connectivity index (χ4v) is 1.93. The van der Waals surface area contributed by atoms with Crippen molar-refractivity contribution in [1.82, 2.24) is 0 Å². The van der Waals surface area contributed by atoms with Crippen molar-refractivity contribution in [3.05, 3.63) is 58.1 Å². The highest BCUT2D eigenvalue weighted by molar-refractivity contribution is 9.10. The number of hydrogen-bond donors (Lipinski definition) is 2. The van der Waals surface area contributed by atoms with E-state index in [-0.39, 0.29) is 11.3 Å². The average Bonchev–Trinajstić information content (AvgIpc) is 2.39. The summed E-state index contributed by atoms with van der Waals surface area (Å²) in [5.74, 6) is -0.337.